The lowest BCUT2D eigenvalue weighted by Crippen LogP contribution is -2.16. The second-order valence-corrected chi connectivity index (χ2v) is 6.92. The van der Waals surface area contributed by atoms with Crippen LogP contribution in [0.2, 0.25) is 10.0 Å². The lowest BCUT2D eigenvalue weighted by atomic mass is 9.93. The highest BCUT2D eigenvalue weighted by atomic mass is 35.5. The number of carbonyl (C=O) groups is 1. The smallest absolute Gasteiger partial charge is 0.226 e. The van der Waals surface area contributed by atoms with Gasteiger partial charge in [0.1, 0.15) is 0 Å². The molecule has 0 atom stereocenters. The van der Waals surface area contributed by atoms with Crippen molar-refractivity contribution in [2.75, 3.05) is 24.3 Å². The predicted octanol–water partition coefficient (Wildman–Crippen LogP) is 4.36. The molecule has 21 heavy (non-hydrogen) atoms. The lowest BCUT2D eigenvalue weighted by molar-refractivity contribution is -0.117. The minimum atomic E-state index is -0.193. The van der Waals surface area contributed by atoms with Crippen molar-refractivity contribution in [2.24, 2.45) is 5.41 Å². The van der Waals surface area contributed by atoms with Crippen molar-refractivity contribution < 1.29 is 9.53 Å². The van der Waals surface area contributed by atoms with Gasteiger partial charge in [0.2, 0.25) is 5.91 Å². The van der Waals surface area contributed by atoms with Gasteiger partial charge in [-0.2, -0.15) is 0 Å². The van der Waals surface area contributed by atoms with Crippen LogP contribution in [0.1, 0.15) is 33.6 Å². The maximum Gasteiger partial charge on any atom is 0.226 e. The SMILES string of the molecule is CC(C)(C)CCOCCC(=O)Nc1c(N)cc(Cl)cc1Cl. The second-order valence-electron chi connectivity index (χ2n) is 6.07. The third-order valence-electron chi connectivity index (χ3n) is 2.82. The molecule has 0 saturated carbocycles. The summed E-state index contributed by atoms with van der Waals surface area (Å²) in [4.78, 5) is 11.8. The number of rotatable bonds is 6. The Kier molecular flexibility index (Phi) is 6.78. The largest absolute Gasteiger partial charge is 0.397 e. The summed E-state index contributed by atoms with van der Waals surface area (Å²) in [6.45, 7) is 7.45. The Balaban J connectivity index is 2.38. The molecule has 1 amide bonds. The number of nitrogen functional groups attached to an aromatic ring is 1. The highest BCUT2D eigenvalue weighted by Crippen LogP contribution is 2.32. The fraction of sp³-hybridized carbons (Fsp3) is 0.533. The molecule has 1 rings (SSSR count). The van der Waals surface area contributed by atoms with Gasteiger partial charge in [-0.25, -0.2) is 0 Å². The van der Waals surface area contributed by atoms with E-state index in [1.165, 1.54) is 6.07 Å². The summed E-state index contributed by atoms with van der Waals surface area (Å²) in [7, 11) is 0. The maximum absolute atomic E-state index is 11.8. The van der Waals surface area contributed by atoms with Crippen molar-refractivity contribution in [3.63, 3.8) is 0 Å². The first-order chi connectivity index (χ1) is 9.69. The summed E-state index contributed by atoms with van der Waals surface area (Å²) in [5.41, 5.74) is 6.74. The third kappa shape index (κ3) is 7.02. The zero-order valence-corrected chi connectivity index (χ0v) is 14.1. The minimum Gasteiger partial charge on any atom is -0.397 e. The molecule has 0 radical (unpaired) electrons. The summed E-state index contributed by atoms with van der Waals surface area (Å²) in [5, 5.41) is 3.43. The molecule has 3 N–H and O–H groups in total. The Hall–Kier alpha value is -0.970. The normalized spacial score (nSPS) is 11.5. The van der Waals surface area contributed by atoms with E-state index in [0.29, 0.717) is 34.6 Å². The molecule has 118 valence electrons. The van der Waals surface area contributed by atoms with Crippen LogP contribution in [0.5, 0.6) is 0 Å². The van der Waals surface area contributed by atoms with Gasteiger partial charge in [-0.15, -0.1) is 0 Å². The summed E-state index contributed by atoms with van der Waals surface area (Å²) in [6, 6.07) is 3.08. The van der Waals surface area contributed by atoms with E-state index in [9.17, 15) is 4.79 Å². The second kappa shape index (κ2) is 7.87. The first-order valence-corrected chi connectivity index (χ1v) is 7.57. The molecule has 0 aliphatic carbocycles. The Labute approximate surface area is 135 Å². The maximum atomic E-state index is 11.8. The summed E-state index contributed by atoms with van der Waals surface area (Å²) < 4.78 is 5.45. The van der Waals surface area contributed by atoms with Crippen LogP contribution in [-0.4, -0.2) is 19.1 Å². The minimum absolute atomic E-state index is 0.193. The fourth-order valence-electron chi connectivity index (χ4n) is 1.57. The molecule has 0 aliphatic heterocycles. The number of hydrogen-bond acceptors (Lipinski definition) is 3. The van der Waals surface area contributed by atoms with Gasteiger partial charge in [0.05, 0.1) is 29.4 Å². The van der Waals surface area contributed by atoms with Crippen molar-refractivity contribution in [3.8, 4) is 0 Å². The Bertz CT molecular complexity index is 476. The number of nitrogens with two attached hydrogens (primary N) is 1. The third-order valence-corrected chi connectivity index (χ3v) is 3.34. The lowest BCUT2D eigenvalue weighted by Gasteiger charge is -2.17. The van der Waals surface area contributed by atoms with Gasteiger partial charge in [-0.1, -0.05) is 44.0 Å². The number of ether oxygens (including phenoxy) is 1. The number of benzene rings is 1. The van der Waals surface area contributed by atoms with Gasteiger partial charge in [0, 0.05) is 11.6 Å². The molecule has 1 aromatic rings. The van der Waals surface area contributed by atoms with E-state index in [1.54, 1.807) is 6.07 Å². The van der Waals surface area contributed by atoms with Crippen LogP contribution in [0.4, 0.5) is 11.4 Å². The van der Waals surface area contributed by atoms with Crippen molar-refractivity contribution in [1.82, 2.24) is 0 Å². The number of halogens is 2. The Morgan fingerprint density at radius 3 is 2.52 bits per heavy atom. The topological polar surface area (TPSA) is 64.3 Å². The summed E-state index contributed by atoms with van der Waals surface area (Å²) >= 11 is 11.8. The van der Waals surface area contributed by atoms with Crippen molar-refractivity contribution in [3.05, 3.63) is 22.2 Å². The van der Waals surface area contributed by atoms with Crippen LogP contribution < -0.4 is 11.1 Å². The van der Waals surface area contributed by atoms with Crippen LogP contribution in [-0.2, 0) is 9.53 Å². The average Bonchev–Trinajstić information content (AvgIpc) is 2.32. The van der Waals surface area contributed by atoms with E-state index in [0.717, 1.165) is 6.42 Å². The molecule has 4 nitrogen and oxygen atoms in total. The quantitative estimate of drug-likeness (QED) is 0.601. The van der Waals surface area contributed by atoms with Gasteiger partial charge in [-0.05, 0) is 24.0 Å². The molecule has 0 saturated heterocycles. The molecule has 0 spiro atoms. The average molecular weight is 333 g/mol. The van der Waals surface area contributed by atoms with E-state index in [2.05, 4.69) is 26.1 Å². The Morgan fingerprint density at radius 1 is 1.29 bits per heavy atom. The molecule has 0 aromatic heterocycles. The van der Waals surface area contributed by atoms with E-state index in [-0.39, 0.29) is 17.7 Å². The van der Waals surface area contributed by atoms with Gasteiger partial charge in [-0.3, -0.25) is 4.79 Å². The van der Waals surface area contributed by atoms with Crippen molar-refractivity contribution in [2.45, 2.75) is 33.6 Å². The van der Waals surface area contributed by atoms with Crippen LogP contribution in [0, 0.1) is 5.41 Å². The van der Waals surface area contributed by atoms with Crippen LogP contribution >= 0.6 is 23.2 Å². The van der Waals surface area contributed by atoms with Gasteiger partial charge < -0.3 is 15.8 Å². The van der Waals surface area contributed by atoms with Crippen LogP contribution in [0.3, 0.4) is 0 Å². The van der Waals surface area contributed by atoms with Crippen LogP contribution in [0.25, 0.3) is 0 Å². The van der Waals surface area contributed by atoms with E-state index >= 15 is 0 Å². The fourth-order valence-corrected chi connectivity index (χ4v) is 2.13. The summed E-state index contributed by atoms with van der Waals surface area (Å²) in [5.74, 6) is -0.193. The summed E-state index contributed by atoms with van der Waals surface area (Å²) in [6.07, 6.45) is 1.20. The standard InChI is InChI=1S/C15H22Cl2N2O2/c1-15(2,3)5-7-21-6-4-13(20)19-14-11(17)8-10(16)9-12(14)18/h8-9H,4-7,18H2,1-3H3,(H,19,20). The first-order valence-electron chi connectivity index (χ1n) is 6.81. The molecular formula is C15H22Cl2N2O2. The molecule has 0 unspecified atom stereocenters. The number of nitrogens with one attached hydrogen (secondary N) is 1. The first kappa shape index (κ1) is 18.1. The van der Waals surface area contributed by atoms with Crippen LogP contribution in [0.15, 0.2) is 12.1 Å². The number of carbonyl (C=O) groups excluding carboxylic acids is 1. The van der Waals surface area contributed by atoms with E-state index in [4.69, 9.17) is 33.7 Å². The highest BCUT2D eigenvalue weighted by molar-refractivity contribution is 6.37. The molecule has 0 bridgehead atoms. The number of hydrogen-bond donors (Lipinski definition) is 2. The number of amides is 1. The Morgan fingerprint density at radius 2 is 1.95 bits per heavy atom. The highest BCUT2D eigenvalue weighted by Gasteiger charge is 2.12. The molecule has 1 aromatic carbocycles. The van der Waals surface area contributed by atoms with E-state index in [1.807, 2.05) is 0 Å². The van der Waals surface area contributed by atoms with Crippen molar-refractivity contribution in [1.29, 1.82) is 0 Å². The molecular weight excluding hydrogens is 311 g/mol. The van der Waals surface area contributed by atoms with Gasteiger partial charge in [0.25, 0.3) is 0 Å². The predicted molar refractivity (Wildman–Crippen MR) is 89.0 cm³/mol. The number of anilines is 2. The molecule has 6 heteroatoms. The molecule has 0 aliphatic rings. The zero-order valence-electron chi connectivity index (χ0n) is 12.6. The monoisotopic (exact) mass is 332 g/mol. The van der Waals surface area contributed by atoms with Gasteiger partial charge >= 0.3 is 0 Å². The molecule has 0 fully saturated rings. The zero-order chi connectivity index (χ0) is 16.0. The van der Waals surface area contributed by atoms with Gasteiger partial charge in [0.15, 0.2) is 0 Å². The van der Waals surface area contributed by atoms with Crippen molar-refractivity contribution >= 4 is 40.5 Å². The molecule has 0 heterocycles. The van der Waals surface area contributed by atoms with E-state index < -0.39 is 0 Å².